The molecule has 0 aromatic heterocycles. The lowest BCUT2D eigenvalue weighted by Crippen LogP contribution is -2.26. The molecule has 3 amide bonds. The number of nitrogens with one attached hydrogen (secondary N) is 3. The molecule has 0 heterocycles. The van der Waals surface area contributed by atoms with Crippen LogP contribution in [0.3, 0.4) is 0 Å². The van der Waals surface area contributed by atoms with Gasteiger partial charge in [-0.3, -0.25) is 14.4 Å². The van der Waals surface area contributed by atoms with Crippen LogP contribution in [0.2, 0.25) is 5.02 Å². The maximum Gasteiger partial charge on any atom is 0.419 e. The van der Waals surface area contributed by atoms with E-state index in [0.29, 0.717) is 24.3 Å². The van der Waals surface area contributed by atoms with Crippen molar-refractivity contribution in [3.8, 4) is 0 Å². The first kappa shape index (κ1) is 35.8. The molecule has 6 nitrogen and oxygen atoms in total. The van der Waals surface area contributed by atoms with E-state index in [2.05, 4.69) is 5.32 Å². The first-order valence-electron chi connectivity index (χ1n) is 12.1. The number of anilines is 3. The quantitative estimate of drug-likeness (QED) is 0.154. The molecule has 0 radical (unpaired) electrons. The fraction of sp³-hybridized carbons (Fsp3) is 0.222. The van der Waals surface area contributed by atoms with E-state index in [0.717, 1.165) is 19.1 Å². The van der Waals surface area contributed by atoms with Crippen molar-refractivity contribution in [2.45, 2.75) is 36.2 Å². The van der Waals surface area contributed by atoms with Gasteiger partial charge in [0.2, 0.25) is 5.91 Å². The van der Waals surface area contributed by atoms with Crippen LogP contribution in [0.4, 0.5) is 56.6 Å². The SMILES string of the molecule is CC(Cl)(Cl)[C@H](CC(=O)Nc1cc(F)c(Cl)c(C(=O)Nc2cc(NC(=O)C(F)F)c(F)cc2F)c1)c1ccc(F)c(C(F)(F)F)c1. The van der Waals surface area contributed by atoms with Gasteiger partial charge in [0, 0.05) is 24.1 Å². The average Bonchev–Trinajstić information content (AvgIpc) is 2.90. The summed E-state index contributed by atoms with van der Waals surface area (Å²) < 4.78 is 120. The molecule has 0 saturated carbocycles. The van der Waals surface area contributed by atoms with Crippen LogP contribution in [0.25, 0.3) is 0 Å². The molecular weight excluding hydrogens is 692 g/mol. The summed E-state index contributed by atoms with van der Waals surface area (Å²) in [4.78, 5) is 36.9. The minimum Gasteiger partial charge on any atom is -0.326 e. The Morgan fingerprint density at radius 1 is 0.800 bits per heavy atom. The summed E-state index contributed by atoms with van der Waals surface area (Å²) in [5, 5.41) is 4.73. The number of amides is 3. The molecule has 1 atom stereocenters. The van der Waals surface area contributed by atoms with Crippen molar-refractivity contribution in [1.82, 2.24) is 0 Å². The van der Waals surface area contributed by atoms with Crippen molar-refractivity contribution in [2.75, 3.05) is 16.0 Å². The van der Waals surface area contributed by atoms with E-state index < -0.39 is 103 Å². The second-order valence-electron chi connectivity index (χ2n) is 9.37. The van der Waals surface area contributed by atoms with Crippen LogP contribution in [-0.4, -0.2) is 28.5 Å². The fourth-order valence-electron chi connectivity index (χ4n) is 3.91. The van der Waals surface area contributed by atoms with Crippen molar-refractivity contribution in [3.63, 3.8) is 0 Å². The van der Waals surface area contributed by atoms with Crippen molar-refractivity contribution in [3.05, 3.63) is 87.4 Å². The molecule has 3 N–H and O–H groups in total. The van der Waals surface area contributed by atoms with E-state index in [1.54, 1.807) is 0 Å². The topological polar surface area (TPSA) is 87.3 Å². The van der Waals surface area contributed by atoms with Gasteiger partial charge in [0.1, 0.15) is 27.6 Å². The monoisotopic (exact) mass is 707 g/mol. The maximum absolute atomic E-state index is 14.6. The molecule has 0 unspecified atom stereocenters. The normalized spacial score (nSPS) is 12.6. The average molecular weight is 709 g/mol. The molecular formula is C27H17Cl3F9N3O3. The van der Waals surface area contributed by atoms with Gasteiger partial charge >= 0.3 is 12.6 Å². The zero-order valence-electron chi connectivity index (χ0n) is 22.2. The predicted molar refractivity (Wildman–Crippen MR) is 148 cm³/mol. The second kappa shape index (κ2) is 13.7. The standard InChI is InChI=1S/C27H17Cl3F9N3O3/c1-26(29,30)13(10-2-3-15(31)14(4-10)27(37,38)39)7-21(43)40-11-5-12(22(28)18(34)6-11)24(44)41-19-9-20(17(33)8-16(19)32)42-25(45)23(35)36/h2-6,8-9,13,23H,7H2,1H3,(H,40,43)(H,41,44)(H,42,45)/t13-/m1/s1. The fourth-order valence-corrected chi connectivity index (χ4v) is 4.51. The molecule has 3 aromatic rings. The minimum absolute atomic E-state index is 0.159. The summed E-state index contributed by atoms with van der Waals surface area (Å²) >= 11 is 18.1. The smallest absolute Gasteiger partial charge is 0.326 e. The molecule has 18 heteroatoms. The first-order chi connectivity index (χ1) is 20.7. The van der Waals surface area contributed by atoms with Gasteiger partial charge in [0.25, 0.3) is 11.8 Å². The lowest BCUT2D eigenvalue weighted by atomic mass is 9.90. The molecule has 0 aliphatic carbocycles. The van der Waals surface area contributed by atoms with Crippen LogP contribution in [0, 0.1) is 23.3 Å². The van der Waals surface area contributed by atoms with E-state index >= 15 is 0 Å². The van der Waals surface area contributed by atoms with Gasteiger partial charge in [-0.2, -0.15) is 22.0 Å². The minimum atomic E-state index is -5.09. The van der Waals surface area contributed by atoms with Crippen molar-refractivity contribution in [2.24, 2.45) is 0 Å². The lowest BCUT2D eigenvalue weighted by molar-refractivity contribution is -0.140. The van der Waals surface area contributed by atoms with Gasteiger partial charge in [-0.1, -0.05) is 17.7 Å². The van der Waals surface area contributed by atoms with Crippen LogP contribution in [0.15, 0.2) is 42.5 Å². The molecule has 0 fully saturated rings. The molecule has 0 aliphatic rings. The Hall–Kier alpha value is -3.69. The molecule has 45 heavy (non-hydrogen) atoms. The molecule has 3 rings (SSSR count). The molecule has 242 valence electrons. The highest BCUT2D eigenvalue weighted by Crippen LogP contribution is 2.42. The van der Waals surface area contributed by atoms with E-state index in [9.17, 15) is 53.9 Å². The zero-order chi connectivity index (χ0) is 34.0. The molecule has 0 bridgehead atoms. The first-order valence-corrected chi connectivity index (χ1v) is 13.2. The number of rotatable bonds is 9. The Balaban J connectivity index is 1.87. The molecule has 0 spiro atoms. The van der Waals surface area contributed by atoms with Crippen LogP contribution in [0.1, 0.15) is 40.7 Å². The van der Waals surface area contributed by atoms with Crippen molar-refractivity contribution < 1.29 is 53.9 Å². The number of hydrogen-bond donors (Lipinski definition) is 3. The van der Waals surface area contributed by atoms with Crippen molar-refractivity contribution in [1.29, 1.82) is 0 Å². The molecule has 3 aromatic carbocycles. The largest absolute Gasteiger partial charge is 0.419 e. The van der Waals surface area contributed by atoms with Gasteiger partial charge in [-0.15, -0.1) is 23.2 Å². The van der Waals surface area contributed by atoms with Gasteiger partial charge in [0.05, 0.1) is 27.5 Å². The summed E-state index contributed by atoms with van der Waals surface area (Å²) in [6.07, 6.45) is -9.37. The highest BCUT2D eigenvalue weighted by atomic mass is 35.5. The number of halogens is 12. The Bertz CT molecular complexity index is 1650. The number of carbonyl (C=O) groups excluding carboxylic acids is 3. The third-order valence-corrected chi connectivity index (χ3v) is 6.93. The Labute approximate surface area is 262 Å². The molecule has 0 saturated heterocycles. The third kappa shape index (κ3) is 8.95. The summed E-state index contributed by atoms with van der Waals surface area (Å²) in [6, 6.07) is 3.98. The van der Waals surface area contributed by atoms with E-state index in [1.165, 1.54) is 5.32 Å². The van der Waals surface area contributed by atoms with Gasteiger partial charge < -0.3 is 16.0 Å². The Kier molecular flexibility index (Phi) is 10.9. The Morgan fingerprint density at radius 2 is 1.40 bits per heavy atom. The zero-order valence-corrected chi connectivity index (χ0v) is 24.4. The number of benzene rings is 3. The third-order valence-electron chi connectivity index (χ3n) is 6.02. The maximum atomic E-state index is 14.6. The van der Waals surface area contributed by atoms with Crippen LogP contribution >= 0.6 is 34.8 Å². The number of carbonyl (C=O) groups is 3. The number of hydrogen-bond acceptors (Lipinski definition) is 3. The van der Waals surface area contributed by atoms with E-state index in [4.69, 9.17) is 34.8 Å². The van der Waals surface area contributed by atoms with E-state index in [-0.39, 0.29) is 11.6 Å². The summed E-state index contributed by atoms with van der Waals surface area (Å²) in [7, 11) is 0. The van der Waals surface area contributed by atoms with Gasteiger partial charge in [-0.05, 0) is 42.8 Å². The highest BCUT2D eigenvalue weighted by molar-refractivity contribution is 6.48. The van der Waals surface area contributed by atoms with Crippen LogP contribution < -0.4 is 16.0 Å². The second-order valence-corrected chi connectivity index (χ2v) is 11.5. The van der Waals surface area contributed by atoms with Crippen LogP contribution in [0.5, 0.6) is 0 Å². The molecule has 0 aliphatic heterocycles. The lowest BCUT2D eigenvalue weighted by Gasteiger charge is -2.27. The summed E-state index contributed by atoms with van der Waals surface area (Å²) in [5.41, 5.74) is -4.84. The summed E-state index contributed by atoms with van der Waals surface area (Å²) in [6.45, 7) is 1.16. The highest BCUT2D eigenvalue weighted by Gasteiger charge is 2.38. The van der Waals surface area contributed by atoms with Gasteiger partial charge in [-0.25, -0.2) is 17.6 Å². The summed E-state index contributed by atoms with van der Waals surface area (Å²) in [5.74, 6) is -11.4. The number of alkyl halides is 7. The predicted octanol–water partition coefficient (Wildman–Crippen LogP) is 8.68. The van der Waals surface area contributed by atoms with E-state index in [1.807, 2.05) is 5.32 Å². The van der Waals surface area contributed by atoms with Gasteiger partial charge in [0.15, 0.2) is 0 Å². The van der Waals surface area contributed by atoms with Crippen LogP contribution in [-0.2, 0) is 15.8 Å². The van der Waals surface area contributed by atoms with Crippen molar-refractivity contribution >= 4 is 69.6 Å². The Morgan fingerprint density at radius 3 is 1.96 bits per heavy atom.